The van der Waals surface area contributed by atoms with Gasteiger partial charge < -0.3 is 10.6 Å². The first-order valence-electron chi connectivity index (χ1n) is 6.01. The van der Waals surface area contributed by atoms with Crippen LogP contribution in [0.1, 0.15) is 0 Å². The minimum absolute atomic E-state index is 0.459. The quantitative estimate of drug-likeness (QED) is 0.657. The van der Waals surface area contributed by atoms with Crippen molar-refractivity contribution in [1.82, 2.24) is 0 Å². The first kappa shape index (κ1) is 14.4. The molecule has 0 heterocycles. The summed E-state index contributed by atoms with van der Waals surface area (Å²) in [6, 6.07) is 19.7. The molecule has 0 aromatic heterocycles. The zero-order valence-corrected chi connectivity index (χ0v) is 12.3. The molecule has 0 atom stereocenters. The third-order valence-electron chi connectivity index (χ3n) is 2.45. The van der Waals surface area contributed by atoms with Gasteiger partial charge in [0.2, 0.25) is 0 Å². The molecule has 0 unspecified atom stereocenters. The molecule has 2 rings (SSSR count). The van der Waals surface area contributed by atoms with Gasteiger partial charge in [-0.05, 0) is 48.6 Å². The second-order valence-electron chi connectivity index (χ2n) is 3.92. The molecule has 2 N–H and O–H groups in total. The zero-order chi connectivity index (χ0) is 14.2. The maximum absolute atomic E-state index is 8.53. The van der Waals surface area contributed by atoms with E-state index in [1.807, 2.05) is 54.6 Å². The number of nitriles is 1. The average Bonchev–Trinajstić information content (AvgIpc) is 2.47. The highest BCUT2D eigenvalue weighted by Crippen LogP contribution is 2.20. The number of thiocarbonyl (C=S) groups is 1. The number of nitrogens with zero attached hydrogens (tertiary/aromatic N) is 1. The third kappa shape index (κ3) is 4.57. The Kier molecular flexibility index (Phi) is 5.42. The Morgan fingerprint density at radius 2 is 1.60 bits per heavy atom. The lowest BCUT2D eigenvalue weighted by Gasteiger charge is -2.10. The van der Waals surface area contributed by atoms with Gasteiger partial charge in [0, 0.05) is 16.3 Å². The van der Waals surface area contributed by atoms with Crippen LogP contribution in [0.4, 0.5) is 11.4 Å². The highest BCUT2D eigenvalue weighted by molar-refractivity contribution is 7.99. The molecule has 0 spiro atoms. The van der Waals surface area contributed by atoms with Crippen molar-refractivity contribution in [2.45, 2.75) is 4.90 Å². The second kappa shape index (κ2) is 7.53. The van der Waals surface area contributed by atoms with Crippen LogP contribution in [-0.2, 0) is 0 Å². The van der Waals surface area contributed by atoms with E-state index in [4.69, 9.17) is 17.5 Å². The summed E-state index contributed by atoms with van der Waals surface area (Å²) in [4.78, 5) is 1.07. The fourth-order valence-corrected chi connectivity index (χ4v) is 2.36. The van der Waals surface area contributed by atoms with Crippen LogP contribution in [0.25, 0.3) is 0 Å². The summed E-state index contributed by atoms with van der Waals surface area (Å²) in [5.74, 6) is 0.459. The van der Waals surface area contributed by atoms with Crippen LogP contribution in [0.15, 0.2) is 59.5 Å². The summed E-state index contributed by atoms with van der Waals surface area (Å²) in [6.07, 6.45) is 0. The largest absolute Gasteiger partial charge is 0.332 e. The first-order chi connectivity index (χ1) is 9.78. The molecule has 0 aliphatic heterocycles. The van der Waals surface area contributed by atoms with Gasteiger partial charge in [0.25, 0.3) is 0 Å². The van der Waals surface area contributed by atoms with E-state index in [0.29, 0.717) is 10.9 Å². The zero-order valence-electron chi connectivity index (χ0n) is 10.7. The Morgan fingerprint density at radius 1 is 1.00 bits per heavy atom. The van der Waals surface area contributed by atoms with Crippen LogP contribution in [0, 0.1) is 11.3 Å². The molecule has 2 aromatic carbocycles. The van der Waals surface area contributed by atoms with E-state index in [1.165, 1.54) is 11.8 Å². The topological polar surface area (TPSA) is 47.9 Å². The number of anilines is 2. The molecule has 0 radical (unpaired) electrons. The molecule has 5 heteroatoms. The standard InChI is InChI=1S/C15H13N3S2/c16-10-11-20-14-8-6-13(7-9-14)18-15(19)17-12-4-2-1-3-5-12/h1-9H,11H2,(H2,17,18,19). The van der Waals surface area contributed by atoms with Crippen LogP contribution >= 0.6 is 24.0 Å². The van der Waals surface area contributed by atoms with E-state index in [2.05, 4.69) is 16.7 Å². The smallest absolute Gasteiger partial charge is 0.175 e. The minimum Gasteiger partial charge on any atom is -0.332 e. The molecule has 0 aliphatic carbocycles. The van der Waals surface area contributed by atoms with E-state index in [-0.39, 0.29) is 0 Å². The number of nitrogens with one attached hydrogen (secondary N) is 2. The molecular formula is C15H13N3S2. The predicted octanol–water partition coefficient (Wildman–Crippen LogP) is 4.11. The number of thioether (sulfide) groups is 1. The van der Waals surface area contributed by atoms with Crippen LogP contribution in [0.5, 0.6) is 0 Å². The normalized spacial score (nSPS) is 9.55. The van der Waals surface area contributed by atoms with Crippen molar-refractivity contribution < 1.29 is 0 Å². The van der Waals surface area contributed by atoms with Crippen molar-refractivity contribution in [1.29, 1.82) is 5.26 Å². The minimum atomic E-state index is 0.459. The van der Waals surface area contributed by atoms with Gasteiger partial charge >= 0.3 is 0 Å². The fraction of sp³-hybridized carbons (Fsp3) is 0.0667. The molecule has 0 bridgehead atoms. The lowest BCUT2D eigenvalue weighted by molar-refractivity contribution is 1.44. The van der Waals surface area contributed by atoms with E-state index < -0.39 is 0 Å². The van der Waals surface area contributed by atoms with Crippen molar-refractivity contribution in [2.75, 3.05) is 16.4 Å². The summed E-state index contributed by atoms with van der Waals surface area (Å²) < 4.78 is 0. The van der Waals surface area contributed by atoms with Crippen LogP contribution in [0.3, 0.4) is 0 Å². The molecule has 0 aliphatic rings. The highest BCUT2D eigenvalue weighted by Gasteiger charge is 1.99. The highest BCUT2D eigenvalue weighted by atomic mass is 32.2. The van der Waals surface area contributed by atoms with Crippen molar-refractivity contribution in [3.8, 4) is 6.07 Å². The summed E-state index contributed by atoms with van der Waals surface area (Å²) in [7, 11) is 0. The van der Waals surface area contributed by atoms with Crippen molar-refractivity contribution in [2.24, 2.45) is 0 Å². The van der Waals surface area contributed by atoms with Gasteiger partial charge in [-0.2, -0.15) is 5.26 Å². The van der Waals surface area contributed by atoms with Crippen molar-refractivity contribution >= 4 is 40.5 Å². The molecule has 0 amide bonds. The van der Waals surface area contributed by atoms with Crippen molar-refractivity contribution in [3.05, 3.63) is 54.6 Å². The van der Waals surface area contributed by atoms with Crippen LogP contribution in [0.2, 0.25) is 0 Å². The lowest BCUT2D eigenvalue weighted by Crippen LogP contribution is -2.18. The molecule has 0 saturated heterocycles. The second-order valence-corrected chi connectivity index (χ2v) is 5.37. The SMILES string of the molecule is N#CCSc1ccc(NC(=S)Nc2ccccc2)cc1. The summed E-state index contributed by atoms with van der Waals surface area (Å²) in [5.41, 5.74) is 1.87. The van der Waals surface area contributed by atoms with Gasteiger partial charge in [-0.1, -0.05) is 18.2 Å². The Bertz CT molecular complexity index is 603. The van der Waals surface area contributed by atoms with Crippen molar-refractivity contribution in [3.63, 3.8) is 0 Å². The Hall–Kier alpha value is -2.03. The molecule has 3 nitrogen and oxygen atoms in total. The maximum Gasteiger partial charge on any atom is 0.175 e. The van der Waals surface area contributed by atoms with E-state index >= 15 is 0 Å². The van der Waals surface area contributed by atoms with Gasteiger partial charge in [-0.3, -0.25) is 0 Å². The molecule has 0 saturated carbocycles. The number of rotatable bonds is 4. The maximum atomic E-state index is 8.53. The predicted molar refractivity (Wildman–Crippen MR) is 89.1 cm³/mol. The van der Waals surface area contributed by atoms with Gasteiger partial charge in [-0.25, -0.2) is 0 Å². The molecule has 20 heavy (non-hydrogen) atoms. The molecule has 2 aromatic rings. The average molecular weight is 299 g/mol. The van der Waals surface area contributed by atoms with E-state index in [0.717, 1.165) is 16.3 Å². The monoisotopic (exact) mass is 299 g/mol. The van der Waals surface area contributed by atoms with E-state index in [9.17, 15) is 0 Å². The lowest BCUT2D eigenvalue weighted by atomic mass is 10.3. The molecule has 0 fully saturated rings. The number of hydrogen-bond acceptors (Lipinski definition) is 3. The number of para-hydroxylation sites is 1. The van der Waals surface area contributed by atoms with Crippen LogP contribution in [-0.4, -0.2) is 10.9 Å². The first-order valence-corrected chi connectivity index (χ1v) is 7.40. The third-order valence-corrected chi connectivity index (χ3v) is 3.53. The fourth-order valence-electron chi connectivity index (χ4n) is 1.57. The number of hydrogen-bond donors (Lipinski definition) is 2. The molecule has 100 valence electrons. The van der Waals surface area contributed by atoms with Gasteiger partial charge in [0.15, 0.2) is 5.11 Å². The van der Waals surface area contributed by atoms with E-state index in [1.54, 1.807) is 0 Å². The summed E-state index contributed by atoms with van der Waals surface area (Å²) in [6.45, 7) is 0. The number of benzene rings is 2. The summed E-state index contributed by atoms with van der Waals surface area (Å²) in [5, 5.41) is 15.3. The van der Waals surface area contributed by atoms with Gasteiger partial charge in [-0.15, -0.1) is 11.8 Å². The van der Waals surface area contributed by atoms with Crippen LogP contribution < -0.4 is 10.6 Å². The van der Waals surface area contributed by atoms with Gasteiger partial charge in [0.05, 0.1) is 11.8 Å². The summed E-state index contributed by atoms with van der Waals surface area (Å²) >= 11 is 6.76. The Labute approximate surface area is 128 Å². The Balaban J connectivity index is 1.90. The van der Waals surface area contributed by atoms with Gasteiger partial charge in [0.1, 0.15) is 0 Å². The molecular weight excluding hydrogens is 286 g/mol. The Morgan fingerprint density at radius 3 is 2.20 bits per heavy atom.